The van der Waals surface area contributed by atoms with Crippen LogP contribution in [0.15, 0.2) is 17.2 Å². The van der Waals surface area contributed by atoms with E-state index in [1.165, 1.54) is 0 Å². The van der Waals surface area contributed by atoms with Gasteiger partial charge in [-0.2, -0.15) is 0 Å². The first-order valence-corrected chi connectivity index (χ1v) is 7.56. The molecule has 112 valence electrons. The molecule has 0 saturated carbocycles. The molecule has 1 fully saturated rings. The van der Waals surface area contributed by atoms with E-state index in [0.717, 1.165) is 32.2 Å². The SMILES string of the molecule is CC(C)Cn1ccnc(N2CCCCCC2CO)c1=O. The number of rotatable bonds is 4. The van der Waals surface area contributed by atoms with Crippen molar-refractivity contribution in [3.8, 4) is 0 Å². The lowest BCUT2D eigenvalue weighted by Crippen LogP contribution is -2.42. The second-order valence-corrected chi connectivity index (χ2v) is 5.98. The minimum absolute atomic E-state index is 0.0209. The van der Waals surface area contributed by atoms with Gasteiger partial charge in [-0.1, -0.05) is 26.7 Å². The van der Waals surface area contributed by atoms with Gasteiger partial charge in [-0.15, -0.1) is 0 Å². The van der Waals surface area contributed by atoms with Crippen molar-refractivity contribution in [2.75, 3.05) is 18.1 Å². The Hall–Kier alpha value is -1.36. The predicted octanol–water partition coefficient (Wildman–Crippen LogP) is 1.64. The normalized spacial score (nSPS) is 20.2. The van der Waals surface area contributed by atoms with Gasteiger partial charge in [0, 0.05) is 25.5 Å². The molecule has 1 saturated heterocycles. The van der Waals surface area contributed by atoms with E-state index >= 15 is 0 Å². The van der Waals surface area contributed by atoms with E-state index in [9.17, 15) is 9.90 Å². The maximum atomic E-state index is 12.6. The van der Waals surface area contributed by atoms with Crippen LogP contribution in [0.25, 0.3) is 0 Å². The summed E-state index contributed by atoms with van der Waals surface area (Å²) in [6, 6.07) is 0.0209. The molecule has 0 aromatic carbocycles. The molecule has 0 amide bonds. The van der Waals surface area contributed by atoms with Crippen LogP contribution in [0.2, 0.25) is 0 Å². The summed E-state index contributed by atoms with van der Waals surface area (Å²) in [5, 5.41) is 9.58. The van der Waals surface area contributed by atoms with Crippen molar-refractivity contribution >= 4 is 5.82 Å². The largest absolute Gasteiger partial charge is 0.394 e. The average molecular weight is 279 g/mol. The molecule has 1 aliphatic heterocycles. The van der Waals surface area contributed by atoms with E-state index in [-0.39, 0.29) is 18.2 Å². The first-order valence-electron chi connectivity index (χ1n) is 7.56. The molecule has 2 heterocycles. The van der Waals surface area contributed by atoms with Gasteiger partial charge in [0.25, 0.3) is 5.56 Å². The monoisotopic (exact) mass is 279 g/mol. The molecule has 1 aliphatic rings. The van der Waals surface area contributed by atoms with Gasteiger partial charge in [0.1, 0.15) is 0 Å². The summed E-state index contributed by atoms with van der Waals surface area (Å²) in [4.78, 5) is 18.9. The van der Waals surface area contributed by atoms with Gasteiger partial charge in [-0.3, -0.25) is 4.79 Å². The number of hydrogen-bond acceptors (Lipinski definition) is 4. The molecule has 0 spiro atoms. The summed E-state index contributed by atoms with van der Waals surface area (Å²) in [7, 11) is 0. The maximum absolute atomic E-state index is 12.6. The number of hydrogen-bond donors (Lipinski definition) is 1. The molecule has 1 aromatic heterocycles. The van der Waals surface area contributed by atoms with Crippen molar-refractivity contribution in [1.29, 1.82) is 0 Å². The Morgan fingerprint density at radius 1 is 1.40 bits per heavy atom. The summed E-state index contributed by atoms with van der Waals surface area (Å²) in [6.45, 7) is 5.77. The van der Waals surface area contributed by atoms with Crippen LogP contribution in [0.5, 0.6) is 0 Å². The van der Waals surface area contributed by atoms with E-state index in [1.807, 2.05) is 4.90 Å². The zero-order chi connectivity index (χ0) is 14.5. The minimum Gasteiger partial charge on any atom is -0.394 e. The fourth-order valence-electron chi connectivity index (χ4n) is 2.82. The average Bonchev–Trinajstić information content (AvgIpc) is 2.65. The van der Waals surface area contributed by atoms with Crippen LogP contribution < -0.4 is 10.5 Å². The second kappa shape index (κ2) is 6.88. The molecule has 1 atom stereocenters. The summed E-state index contributed by atoms with van der Waals surface area (Å²) in [5.41, 5.74) is -0.0402. The first-order chi connectivity index (χ1) is 9.63. The molecule has 20 heavy (non-hydrogen) atoms. The highest BCUT2D eigenvalue weighted by Gasteiger charge is 2.24. The van der Waals surface area contributed by atoms with Gasteiger partial charge in [-0.25, -0.2) is 4.98 Å². The van der Waals surface area contributed by atoms with Crippen molar-refractivity contribution in [3.63, 3.8) is 0 Å². The van der Waals surface area contributed by atoms with Gasteiger partial charge >= 0.3 is 0 Å². The Labute approximate surface area is 120 Å². The smallest absolute Gasteiger partial charge is 0.293 e. The van der Waals surface area contributed by atoms with Crippen LogP contribution >= 0.6 is 0 Å². The Morgan fingerprint density at radius 2 is 2.20 bits per heavy atom. The molecule has 5 nitrogen and oxygen atoms in total. The van der Waals surface area contributed by atoms with Crippen LogP contribution in [-0.2, 0) is 6.54 Å². The van der Waals surface area contributed by atoms with Crippen LogP contribution in [0, 0.1) is 5.92 Å². The standard InChI is InChI=1S/C15H25N3O2/c1-12(2)10-17-9-7-16-14(15(17)20)18-8-5-3-4-6-13(18)11-19/h7,9,12-13,19H,3-6,8,10-11H2,1-2H3. The van der Waals surface area contributed by atoms with Crippen LogP contribution in [0.1, 0.15) is 39.5 Å². The number of nitrogens with zero attached hydrogens (tertiary/aromatic N) is 3. The minimum atomic E-state index is -0.0402. The van der Waals surface area contributed by atoms with Gasteiger partial charge in [0.2, 0.25) is 0 Å². The molecule has 0 radical (unpaired) electrons. The molecule has 1 aromatic rings. The lowest BCUT2D eigenvalue weighted by Gasteiger charge is -2.29. The Morgan fingerprint density at radius 3 is 2.90 bits per heavy atom. The molecule has 0 aliphatic carbocycles. The van der Waals surface area contributed by atoms with E-state index in [0.29, 0.717) is 18.3 Å². The zero-order valence-electron chi connectivity index (χ0n) is 12.5. The first kappa shape index (κ1) is 15.0. The van der Waals surface area contributed by atoms with Gasteiger partial charge in [-0.05, 0) is 18.8 Å². The van der Waals surface area contributed by atoms with Gasteiger partial charge in [0.05, 0.1) is 12.6 Å². The number of aromatic nitrogens is 2. The van der Waals surface area contributed by atoms with Crippen molar-refractivity contribution in [1.82, 2.24) is 9.55 Å². The lowest BCUT2D eigenvalue weighted by molar-refractivity contribution is 0.254. The Kier molecular flexibility index (Phi) is 5.17. The predicted molar refractivity (Wildman–Crippen MR) is 80.0 cm³/mol. The lowest BCUT2D eigenvalue weighted by atomic mass is 10.1. The zero-order valence-corrected chi connectivity index (χ0v) is 12.5. The van der Waals surface area contributed by atoms with Crippen molar-refractivity contribution in [2.45, 2.75) is 52.1 Å². The van der Waals surface area contributed by atoms with Crippen LogP contribution in [0.4, 0.5) is 5.82 Å². The fraction of sp³-hybridized carbons (Fsp3) is 0.733. The van der Waals surface area contributed by atoms with Crippen LogP contribution in [0.3, 0.4) is 0 Å². The number of aliphatic hydroxyl groups is 1. The van der Waals surface area contributed by atoms with Crippen molar-refractivity contribution in [3.05, 3.63) is 22.7 Å². The second-order valence-electron chi connectivity index (χ2n) is 5.98. The topological polar surface area (TPSA) is 58.4 Å². The van der Waals surface area contributed by atoms with E-state index < -0.39 is 0 Å². The molecule has 1 N–H and O–H groups in total. The van der Waals surface area contributed by atoms with Gasteiger partial charge in [0.15, 0.2) is 5.82 Å². The van der Waals surface area contributed by atoms with Gasteiger partial charge < -0.3 is 14.6 Å². The van der Waals surface area contributed by atoms with E-state index in [4.69, 9.17) is 0 Å². The molecule has 2 rings (SSSR count). The molecule has 0 bridgehead atoms. The van der Waals surface area contributed by atoms with Crippen LogP contribution in [-0.4, -0.2) is 33.9 Å². The molecule has 1 unspecified atom stereocenters. The van der Waals surface area contributed by atoms with Crippen molar-refractivity contribution in [2.24, 2.45) is 5.92 Å². The Balaban J connectivity index is 2.32. The Bertz CT molecular complexity index is 484. The highest BCUT2D eigenvalue weighted by Crippen LogP contribution is 2.20. The number of aliphatic hydroxyl groups excluding tert-OH is 1. The highest BCUT2D eigenvalue weighted by molar-refractivity contribution is 5.37. The third kappa shape index (κ3) is 3.39. The molecular weight excluding hydrogens is 254 g/mol. The third-order valence-corrected chi connectivity index (χ3v) is 3.82. The summed E-state index contributed by atoms with van der Waals surface area (Å²) < 4.78 is 1.73. The third-order valence-electron chi connectivity index (χ3n) is 3.82. The summed E-state index contributed by atoms with van der Waals surface area (Å²) in [5.74, 6) is 0.912. The molecular formula is C15H25N3O2. The van der Waals surface area contributed by atoms with E-state index in [1.54, 1.807) is 17.0 Å². The fourth-order valence-corrected chi connectivity index (χ4v) is 2.82. The summed E-state index contributed by atoms with van der Waals surface area (Å²) in [6.07, 6.45) is 7.68. The van der Waals surface area contributed by atoms with Crippen molar-refractivity contribution < 1.29 is 5.11 Å². The summed E-state index contributed by atoms with van der Waals surface area (Å²) >= 11 is 0. The molecule has 5 heteroatoms. The number of anilines is 1. The quantitative estimate of drug-likeness (QED) is 0.910. The van der Waals surface area contributed by atoms with E-state index in [2.05, 4.69) is 18.8 Å². The highest BCUT2D eigenvalue weighted by atomic mass is 16.3. The maximum Gasteiger partial charge on any atom is 0.293 e.